The molecule has 1 rings (SSSR count). The number of hydrogen-bond donors (Lipinski definition) is 2. The van der Waals surface area contributed by atoms with Crippen molar-refractivity contribution in [1.82, 2.24) is 4.98 Å². The molecule has 56 valence electrons. The smallest absolute Gasteiger partial charge is 0.157 e. The van der Waals surface area contributed by atoms with E-state index in [9.17, 15) is 0 Å². The molecule has 0 aliphatic heterocycles. The average molecular weight is 213 g/mol. The summed E-state index contributed by atoms with van der Waals surface area (Å²) in [5.41, 5.74) is 2.74. The quantitative estimate of drug-likeness (QED) is 0.539. The topological polar surface area (TPSA) is 74.7 Å². The molecule has 0 aromatic carbocycles. The van der Waals surface area contributed by atoms with Crippen molar-refractivity contribution in [3.63, 3.8) is 0 Å². The Hall–Kier alpha value is -1.12. The molecule has 0 fully saturated rings. The number of nitrogens with two attached hydrogens (primary N) is 1. The summed E-state index contributed by atoms with van der Waals surface area (Å²) in [5.74, 6) is 5.48. The van der Waals surface area contributed by atoms with Gasteiger partial charge >= 0.3 is 0 Å². The number of pyridine rings is 1. The molecule has 0 saturated heterocycles. The van der Waals surface area contributed by atoms with Crippen LogP contribution in [0.2, 0.25) is 0 Å². The van der Waals surface area contributed by atoms with E-state index in [4.69, 9.17) is 11.1 Å². The fourth-order valence-electron chi connectivity index (χ4n) is 0.640. The zero-order valence-electron chi connectivity index (χ0n) is 5.50. The van der Waals surface area contributed by atoms with Crippen LogP contribution in [0.15, 0.2) is 16.7 Å². The Morgan fingerprint density at radius 2 is 2.45 bits per heavy atom. The first-order chi connectivity index (χ1) is 5.27. The first-order valence-corrected chi connectivity index (χ1v) is 3.59. The van der Waals surface area contributed by atoms with E-state index in [1.807, 2.05) is 6.07 Å². The van der Waals surface area contributed by atoms with Gasteiger partial charge in [-0.25, -0.2) is 10.8 Å². The number of halogens is 1. The van der Waals surface area contributed by atoms with E-state index in [1.165, 1.54) is 0 Å². The van der Waals surface area contributed by atoms with Gasteiger partial charge in [0, 0.05) is 10.7 Å². The molecule has 1 aromatic rings. The minimum Gasteiger partial charge on any atom is -0.307 e. The fourth-order valence-corrected chi connectivity index (χ4v) is 0.971. The monoisotopic (exact) mass is 212 g/mol. The van der Waals surface area contributed by atoms with E-state index in [2.05, 4.69) is 26.3 Å². The molecule has 0 spiro atoms. The normalized spacial score (nSPS) is 8.82. The molecular formula is C6H5BrN4. The van der Waals surface area contributed by atoms with Crippen molar-refractivity contribution in [2.75, 3.05) is 5.43 Å². The molecule has 1 aromatic heterocycles. The molecule has 3 N–H and O–H groups in total. The summed E-state index contributed by atoms with van der Waals surface area (Å²) >= 11 is 3.18. The number of nitriles is 1. The van der Waals surface area contributed by atoms with Gasteiger partial charge in [0.2, 0.25) is 0 Å². The van der Waals surface area contributed by atoms with Gasteiger partial charge in [0.1, 0.15) is 6.07 Å². The van der Waals surface area contributed by atoms with Crippen LogP contribution in [0.4, 0.5) is 5.82 Å². The van der Waals surface area contributed by atoms with E-state index in [0.29, 0.717) is 11.4 Å². The molecule has 11 heavy (non-hydrogen) atoms. The maximum atomic E-state index is 8.57. The molecule has 0 radical (unpaired) electrons. The van der Waals surface area contributed by atoms with Crippen molar-refractivity contribution in [3.05, 3.63) is 22.3 Å². The highest BCUT2D eigenvalue weighted by atomic mass is 79.9. The SMILES string of the molecule is N#Cc1cc(Br)cnc1NN. The predicted octanol–water partition coefficient (Wildman–Crippen LogP) is 1.00. The predicted molar refractivity (Wildman–Crippen MR) is 44.5 cm³/mol. The summed E-state index contributed by atoms with van der Waals surface area (Å²) in [6.45, 7) is 0. The summed E-state index contributed by atoms with van der Waals surface area (Å²) in [6, 6.07) is 3.59. The molecule has 0 unspecified atom stereocenters. The average Bonchev–Trinajstić information content (AvgIpc) is 2.04. The lowest BCUT2D eigenvalue weighted by Crippen LogP contribution is -2.09. The highest BCUT2D eigenvalue weighted by Gasteiger charge is 2.00. The second kappa shape index (κ2) is 3.32. The molecule has 1 heterocycles. The summed E-state index contributed by atoms with van der Waals surface area (Å²) in [4.78, 5) is 3.86. The van der Waals surface area contributed by atoms with Crippen molar-refractivity contribution >= 4 is 21.7 Å². The summed E-state index contributed by atoms with van der Waals surface area (Å²) < 4.78 is 0.757. The van der Waals surface area contributed by atoms with Gasteiger partial charge in [-0.1, -0.05) is 0 Å². The van der Waals surface area contributed by atoms with Crippen molar-refractivity contribution in [1.29, 1.82) is 5.26 Å². The number of hydrazine groups is 1. The standard InChI is InChI=1S/C6H5BrN4/c7-5-1-4(2-8)6(11-9)10-3-5/h1,3H,9H2,(H,10,11). The van der Waals surface area contributed by atoms with Crippen LogP contribution in [0.5, 0.6) is 0 Å². The molecule has 4 nitrogen and oxygen atoms in total. The number of hydrogen-bond acceptors (Lipinski definition) is 4. The molecular weight excluding hydrogens is 208 g/mol. The van der Waals surface area contributed by atoms with Crippen molar-refractivity contribution in [2.24, 2.45) is 5.84 Å². The maximum Gasteiger partial charge on any atom is 0.157 e. The summed E-state index contributed by atoms with van der Waals surface area (Å²) in [7, 11) is 0. The van der Waals surface area contributed by atoms with Gasteiger partial charge in [-0.15, -0.1) is 0 Å². The first kappa shape index (κ1) is 7.98. The molecule has 0 atom stereocenters. The number of rotatable bonds is 1. The molecule has 0 aliphatic carbocycles. The lowest BCUT2D eigenvalue weighted by atomic mass is 10.3. The number of nitrogen functional groups attached to an aromatic ring is 1. The van der Waals surface area contributed by atoms with Gasteiger partial charge in [0.25, 0.3) is 0 Å². The van der Waals surface area contributed by atoms with Gasteiger partial charge in [-0.3, -0.25) is 0 Å². The Morgan fingerprint density at radius 3 is 3.00 bits per heavy atom. The fraction of sp³-hybridized carbons (Fsp3) is 0. The Morgan fingerprint density at radius 1 is 1.73 bits per heavy atom. The van der Waals surface area contributed by atoms with Crippen LogP contribution in [0, 0.1) is 11.3 Å². The van der Waals surface area contributed by atoms with Gasteiger partial charge in [-0.2, -0.15) is 5.26 Å². The second-order valence-corrected chi connectivity index (χ2v) is 2.72. The van der Waals surface area contributed by atoms with Gasteiger partial charge in [0.05, 0.1) is 5.56 Å². The highest BCUT2D eigenvalue weighted by molar-refractivity contribution is 9.10. The third-order valence-corrected chi connectivity index (χ3v) is 1.55. The minimum atomic E-state index is 0.385. The molecule has 5 heteroatoms. The lowest BCUT2D eigenvalue weighted by Gasteiger charge is -1.99. The Kier molecular flexibility index (Phi) is 2.41. The summed E-state index contributed by atoms with van der Waals surface area (Å²) in [6.07, 6.45) is 1.57. The number of anilines is 1. The van der Waals surface area contributed by atoms with Crippen LogP contribution in [0.25, 0.3) is 0 Å². The van der Waals surface area contributed by atoms with Crippen molar-refractivity contribution < 1.29 is 0 Å². The Balaban J connectivity index is 3.19. The van der Waals surface area contributed by atoms with E-state index in [1.54, 1.807) is 12.3 Å². The first-order valence-electron chi connectivity index (χ1n) is 2.80. The van der Waals surface area contributed by atoms with E-state index >= 15 is 0 Å². The van der Waals surface area contributed by atoms with Crippen LogP contribution in [-0.4, -0.2) is 4.98 Å². The number of aromatic nitrogens is 1. The lowest BCUT2D eigenvalue weighted by molar-refractivity contribution is 1.20. The van der Waals surface area contributed by atoms with Crippen LogP contribution >= 0.6 is 15.9 Å². The number of nitrogens with zero attached hydrogens (tertiary/aromatic N) is 2. The van der Waals surface area contributed by atoms with Gasteiger partial charge in [-0.05, 0) is 22.0 Å². The maximum absolute atomic E-state index is 8.57. The Labute approximate surface area is 72.1 Å². The van der Waals surface area contributed by atoms with Crippen LogP contribution < -0.4 is 11.3 Å². The van der Waals surface area contributed by atoms with Crippen LogP contribution in [0.3, 0.4) is 0 Å². The molecule has 0 saturated carbocycles. The van der Waals surface area contributed by atoms with E-state index in [0.717, 1.165) is 4.47 Å². The highest BCUT2D eigenvalue weighted by Crippen LogP contribution is 2.15. The van der Waals surface area contributed by atoms with Crippen molar-refractivity contribution in [3.8, 4) is 6.07 Å². The third kappa shape index (κ3) is 1.67. The zero-order chi connectivity index (χ0) is 8.27. The largest absolute Gasteiger partial charge is 0.307 e. The number of nitrogens with one attached hydrogen (secondary N) is 1. The second-order valence-electron chi connectivity index (χ2n) is 1.81. The molecule has 0 amide bonds. The molecule has 0 aliphatic rings. The van der Waals surface area contributed by atoms with E-state index in [-0.39, 0.29) is 0 Å². The minimum absolute atomic E-state index is 0.385. The van der Waals surface area contributed by atoms with Gasteiger partial charge in [0.15, 0.2) is 5.82 Å². The van der Waals surface area contributed by atoms with Crippen molar-refractivity contribution in [2.45, 2.75) is 0 Å². The third-order valence-electron chi connectivity index (χ3n) is 1.11. The van der Waals surface area contributed by atoms with Gasteiger partial charge < -0.3 is 5.43 Å². The molecule has 0 bridgehead atoms. The van der Waals surface area contributed by atoms with Crippen LogP contribution in [-0.2, 0) is 0 Å². The zero-order valence-corrected chi connectivity index (χ0v) is 7.09. The van der Waals surface area contributed by atoms with E-state index < -0.39 is 0 Å². The summed E-state index contributed by atoms with van der Waals surface area (Å²) in [5, 5.41) is 8.57. The van der Waals surface area contributed by atoms with Crippen LogP contribution in [0.1, 0.15) is 5.56 Å². The Bertz CT molecular complexity index is 304.